The molecule has 3 atom stereocenters. The minimum absolute atomic E-state index is 0.0523. The third kappa shape index (κ3) is 2.04. The van der Waals surface area contributed by atoms with Crippen LogP contribution in [0, 0.1) is 0 Å². The summed E-state index contributed by atoms with van der Waals surface area (Å²) in [6.45, 7) is -0.396. The smallest absolute Gasteiger partial charge is 0.351 e. The number of ether oxygens (including phenoxy) is 1. The van der Waals surface area contributed by atoms with Crippen molar-refractivity contribution in [1.29, 1.82) is 0 Å². The topological polar surface area (TPSA) is 90.4 Å². The fraction of sp³-hybridized carbons (Fsp3) is 0.500. The predicted molar refractivity (Wildman–Crippen MR) is 57.2 cm³/mol. The van der Waals surface area contributed by atoms with Crippen molar-refractivity contribution < 1.29 is 13.7 Å². The highest BCUT2D eigenvalue weighted by Crippen LogP contribution is 2.27. The number of nitrogen functional groups attached to an aromatic ring is 1. The van der Waals surface area contributed by atoms with Crippen molar-refractivity contribution in [2.24, 2.45) is 0 Å². The molecule has 6 nitrogen and oxygen atoms in total. The first-order chi connectivity index (χ1) is 7.61. The molecule has 1 aromatic rings. The molecule has 1 saturated heterocycles. The van der Waals surface area contributed by atoms with Crippen LogP contribution in [0.1, 0.15) is 6.23 Å². The normalized spacial score (nSPS) is 29.5. The number of nitrogens with two attached hydrogens (primary N) is 1. The average Bonchev–Trinajstić information content (AvgIpc) is 2.59. The lowest BCUT2D eigenvalue weighted by atomic mass is 10.5. The van der Waals surface area contributed by atoms with Crippen LogP contribution in [-0.2, 0) is 16.0 Å². The van der Waals surface area contributed by atoms with Gasteiger partial charge in [-0.05, 0) is 6.07 Å². The van der Waals surface area contributed by atoms with Gasteiger partial charge in [0.1, 0.15) is 12.4 Å². The van der Waals surface area contributed by atoms with E-state index in [2.05, 4.69) is 4.98 Å². The van der Waals surface area contributed by atoms with Crippen molar-refractivity contribution in [2.75, 3.05) is 18.1 Å². The standard InChI is InChI=1S/C8H10FN3O3S/c9-16-4-6(15-7(16)3-13)12-2-1-5(10)11-8(12)14/h1-2,6-7,13H,3-4H2,(H-,10,11,14)/p+1/t6-,7+,16?/m1/s1. The molecule has 8 heteroatoms. The van der Waals surface area contributed by atoms with Gasteiger partial charge in [0, 0.05) is 10.1 Å². The summed E-state index contributed by atoms with van der Waals surface area (Å²) in [6.07, 6.45) is 0.692. The molecule has 1 unspecified atom stereocenters. The third-order valence-electron chi connectivity index (χ3n) is 2.21. The maximum atomic E-state index is 13.3. The Bertz CT molecular complexity index is 441. The van der Waals surface area contributed by atoms with Crippen molar-refractivity contribution in [3.63, 3.8) is 0 Å². The summed E-state index contributed by atoms with van der Waals surface area (Å²) in [4.78, 5) is 15.0. The summed E-state index contributed by atoms with van der Waals surface area (Å²) in [5, 5.41) is 8.83. The Hall–Kier alpha value is -1.12. The van der Waals surface area contributed by atoms with E-state index < -0.39 is 35.2 Å². The highest BCUT2D eigenvalue weighted by molar-refractivity contribution is 7.92. The molecule has 16 heavy (non-hydrogen) atoms. The number of hydrogen-bond acceptors (Lipinski definition) is 5. The fourth-order valence-electron chi connectivity index (χ4n) is 1.43. The summed E-state index contributed by atoms with van der Waals surface area (Å²) in [6, 6.07) is 1.44. The summed E-state index contributed by atoms with van der Waals surface area (Å²) in [5.41, 5.74) is 3.89. The minimum Gasteiger partial charge on any atom is -0.388 e. The molecule has 2 heterocycles. The molecule has 1 fully saturated rings. The molecule has 0 aromatic carbocycles. The molecule has 0 aliphatic carbocycles. The van der Waals surface area contributed by atoms with Crippen molar-refractivity contribution >= 4 is 17.1 Å². The van der Waals surface area contributed by atoms with Crippen LogP contribution in [0.5, 0.6) is 0 Å². The maximum absolute atomic E-state index is 13.3. The van der Waals surface area contributed by atoms with Crippen LogP contribution in [0.2, 0.25) is 0 Å². The van der Waals surface area contributed by atoms with Crippen LogP contribution in [-0.4, -0.2) is 32.5 Å². The highest BCUT2D eigenvalue weighted by atomic mass is 32.2. The van der Waals surface area contributed by atoms with Gasteiger partial charge in [-0.25, -0.2) is 4.79 Å². The Balaban J connectivity index is 2.23. The first-order valence-electron chi connectivity index (χ1n) is 4.58. The molecule has 3 N–H and O–H groups in total. The summed E-state index contributed by atoms with van der Waals surface area (Å²) in [5.74, 6) is 0.161. The van der Waals surface area contributed by atoms with Gasteiger partial charge in [-0.1, -0.05) is 0 Å². The molecule has 0 spiro atoms. The zero-order valence-electron chi connectivity index (χ0n) is 8.25. The van der Waals surface area contributed by atoms with Gasteiger partial charge in [0.15, 0.2) is 12.0 Å². The Morgan fingerprint density at radius 3 is 3.12 bits per heavy atom. The molecule has 0 saturated carbocycles. The zero-order valence-corrected chi connectivity index (χ0v) is 9.06. The number of aliphatic hydroxyl groups is 1. The number of rotatable bonds is 2. The number of anilines is 1. The Morgan fingerprint density at radius 1 is 1.81 bits per heavy atom. The first kappa shape index (κ1) is 11.4. The molecular formula is C8H11FN3O3S+. The quantitative estimate of drug-likeness (QED) is 0.667. The van der Waals surface area contributed by atoms with Crippen molar-refractivity contribution in [2.45, 2.75) is 11.7 Å². The van der Waals surface area contributed by atoms with Crippen LogP contribution in [0.25, 0.3) is 0 Å². The summed E-state index contributed by atoms with van der Waals surface area (Å²) < 4.78 is 19.7. The Morgan fingerprint density at radius 2 is 2.56 bits per heavy atom. The van der Waals surface area contributed by atoms with Crippen LogP contribution in [0.3, 0.4) is 0 Å². The number of nitrogens with zero attached hydrogens (tertiary/aromatic N) is 2. The molecule has 0 amide bonds. The van der Waals surface area contributed by atoms with Crippen molar-refractivity contribution in [3.8, 4) is 0 Å². The maximum Gasteiger partial charge on any atom is 0.351 e. The summed E-state index contributed by atoms with van der Waals surface area (Å²) in [7, 11) is 0. The van der Waals surface area contributed by atoms with E-state index >= 15 is 0 Å². The second-order valence-corrected chi connectivity index (χ2v) is 4.87. The van der Waals surface area contributed by atoms with Gasteiger partial charge >= 0.3 is 5.69 Å². The van der Waals surface area contributed by atoms with Gasteiger partial charge in [-0.2, -0.15) is 4.98 Å². The van der Waals surface area contributed by atoms with Crippen LogP contribution in [0.4, 0.5) is 9.70 Å². The molecule has 88 valence electrons. The zero-order chi connectivity index (χ0) is 11.7. The summed E-state index contributed by atoms with van der Waals surface area (Å²) >= 11 is -1.55. The molecular weight excluding hydrogens is 237 g/mol. The largest absolute Gasteiger partial charge is 0.388 e. The fourth-order valence-corrected chi connectivity index (χ4v) is 2.57. The van der Waals surface area contributed by atoms with Crippen molar-refractivity contribution in [3.05, 3.63) is 22.7 Å². The van der Waals surface area contributed by atoms with Gasteiger partial charge in [-0.3, -0.25) is 9.30 Å². The van der Waals surface area contributed by atoms with Gasteiger partial charge in [-0.15, -0.1) is 0 Å². The van der Waals surface area contributed by atoms with E-state index in [0.29, 0.717) is 0 Å². The Kier molecular flexibility index (Phi) is 3.13. The van der Waals surface area contributed by atoms with Gasteiger partial charge in [0.2, 0.25) is 11.3 Å². The van der Waals surface area contributed by atoms with Gasteiger partial charge in [0.05, 0.1) is 0 Å². The van der Waals surface area contributed by atoms with E-state index in [9.17, 15) is 8.68 Å². The van der Waals surface area contributed by atoms with E-state index in [1.54, 1.807) is 0 Å². The van der Waals surface area contributed by atoms with Crippen LogP contribution < -0.4 is 11.4 Å². The van der Waals surface area contributed by atoms with E-state index in [1.807, 2.05) is 0 Å². The van der Waals surface area contributed by atoms with Gasteiger partial charge < -0.3 is 10.8 Å². The van der Waals surface area contributed by atoms with E-state index in [-0.39, 0.29) is 11.6 Å². The van der Waals surface area contributed by atoms with Crippen LogP contribution in [0.15, 0.2) is 17.1 Å². The lowest BCUT2D eigenvalue weighted by Crippen LogP contribution is -2.28. The molecule has 1 aromatic heterocycles. The van der Waals surface area contributed by atoms with E-state index in [0.717, 1.165) is 0 Å². The van der Waals surface area contributed by atoms with Gasteiger partial charge in [0.25, 0.3) is 5.44 Å². The molecule has 1 aliphatic rings. The monoisotopic (exact) mass is 248 g/mol. The molecule has 0 radical (unpaired) electrons. The van der Waals surface area contributed by atoms with E-state index in [4.69, 9.17) is 15.6 Å². The number of aromatic nitrogens is 2. The number of halogens is 1. The average molecular weight is 248 g/mol. The molecule has 2 rings (SSSR count). The third-order valence-corrected chi connectivity index (χ3v) is 3.64. The Labute approximate surface area is 93.5 Å². The first-order valence-corrected chi connectivity index (χ1v) is 5.94. The molecule has 0 bridgehead atoms. The van der Waals surface area contributed by atoms with Crippen LogP contribution >= 0.6 is 0 Å². The van der Waals surface area contributed by atoms with E-state index in [1.165, 1.54) is 16.8 Å². The second kappa shape index (κ2) is 4.40. The lowest BCUT2D eigenvalue weighted by molar-refractivity contribution is -0.00729. The highest BCUT2D eigenvalue weighted by Gasteiger charge is 2.47. The number of aliphatic hydroxyl groups excluding tert-OH is 1. The lowest BCUT2D eigenvalue weighted by Gasteiger charge is -2.09. The molecule has 1 aliphatic heterocycles. The SMILES string of the molecule is Nc1ccn([C@H]2C[S+](F)[C@@H](CO)O2)c(=O)n1. The van der Waals surface area contributed by atoms with Crippen molar-refractivity contribution in [1.82, 2.24) is 9.55 Å². The second-order valence-electron chi connectivity index (χ2n) is 3.28. The minimum atomic E-state index is -1.55. The predicted octanol–water partition coefficient (Wildman–Crippen LogP) is -0.825. The number of hydrogen-bond donors (Lipinski definition) is 2.